The molecule has 1 unspecified atom stereocenters. The summed E-state index contributed by atoms with van der Waals surface area (Å²) in [4.78, 5) is 26.7. The van der Waals surface area contributed by atoms with Gasteiger partial charge < -0.3 is 15.1 Å². The summed E-state index contributed by atoms with van der Waals surface area (Å²) in [6, 6.07) is 8.34. The van der Waals surface area contributed by atoms with Crippen LogP contribution in [-0.4, -0.2) is 52.3 Å². The average Bonchev–Trinajstić information content (AvgIpc) is 3.38. The van der Waals surface area contributed by atoms with Crippen molar-refractivity contribution in [2.45, 2.75) is 37.6 Å². The molecule has 8 nitrogen and oxygen atoms in total. The zero-order chi connectivity index (χ0) is 20.9. The highest BCUT2D eigenvalue weighted by Crippen LogP contribution is 2.43. The van der Waals surface area contributed by atoms with E-state index in [1.165, 1.54) is 12.8 Å². The molecule has 0 bridgehead atoms. The Kier molecular flexibility index (Phi) is 4.38. The minimum absolute atomic E-state index is 0.0554. The van der Waals surface area contributed by atoms with E-state index in [1.807, 2.05) is 23.1 Å². The fourth-order valence-corrected chi connectivity index (χ4v) is 5.49. The van der Waals surface area contributed by atoms with Crippen LogP contribution in [0, 0.1) is 0 Å². The van der Waals surface area contributed by atoms with E-state index in [0.717, 1.165) is 46.5 Å². The first-order valence-corrected chi connectivity index (χ1v) is 11.6. The van der Waals surface area contributed by atoms with Gasteiger partial charge in [0.05, 0.1) is 0 Å². The van der Waals surface area contributed by atoms with Crippen molar-refractivity contribution in [1.82, 2.24) is 20.2 Å². The Morgan fingerprint density at radius 2 is 2.10 bits per heavy atom. The number of hydrogen-bond donors (Lipinski definition) is 1. The highest BCUT2D eigenvalue weighted by Gasteiger charge is 2.37. The maximum atomic E-state index is 13.6. The van der Waals surface area contributed by atoms with Gasteiger partial charge in [-0.3, -0.25) is 4.79 Å². The van der Waals surface area contributed by atoms with E-state index in [4.69, 9.17) is 0 Å². The van der Waals surface area contributed by atoms with Crippen LogP contribution in [0.4, 0.5) is 17.5 Å². The molecule has 1 saturated heterocycles. The highest BCUT2D eigenvalue weighted by atomic mass is 32.1. The number of anilines is 3. The van der Waals surface area contributed by atoms with Gasteiger partial charge in [0.1, 0.15) is 21.4 Å². The fraction of sp³-hybridized carbons (Fsp3) is 0.409. The lowest BCUT2D eigenvalue weighted by molar-refractivity contribution is 0.0988. The largest absolute Gasteiger partial charge is 0.357 e. The molecule has 3 aliphatic rings. The van der Waals surface area contributed by atoms with Crippen molar-refractivity contribution in [3.63, 3.8) is 0 Å². The topological polar surface area (TPSA) is 87.1 Å². The third kappa shape index (κ3) is 3.23. The molecule has 158 valence electrons. The predicted molar refractivity (Wildman–Crippen MR) is 121 cm³/mol. The van der Waals surface area contributed by atoms with Crippen molar-refractivity contribution in [2.24, 2.45) is 0 Å². The summed E-state index contributed by atoms with van der Waals surface area (Å²) in [6.45, 7) is 1.55. The molecule has 2 fully saturated rings. The number of fused-ring (bicyclic) bond motifs is 3. The first kappa shape index (κ1) is 18.7. The fourth-order valence-electron chi connectivity index (χ4n) is 4.48. The Hall–Kier alpha value is -3.07. The van der Waals surface area contributed by atoms with Crippen LogP contribution in [0.25, 0.3) is 10.6 Å². The molecular formula is C22H23N7OS. The first-order valence-electron chi connectivity index (χ1n) is 10.8. The number of rotatable bonds is 4. The number of aromatic nitrogens is 4. The van der Waals surface area contributed by atoms with Gasteiger partial charge in [-0.15, -0.1) is 10.2 Å². The van der Waals surface area contributed by atoms with Crippen LogP contribution in [0.3, 0.4) is 0 Å². The average molecular weight is 434 g/mol. The quantitative estimate of drug-likeness (QED) is 0.673. The number of carbonyl (C=O) groups is 1. The Morgan fingerprint density at radius 1 is 1.19 bits per heavy atom. The van der Waals surface area contributed by atoms with E-state index in [9.17, 15) is 4.79 Å². The normalized spacial score (nSPS) is 20.4. The summed E-state index contributed by atoms with van der Waals surface area (Å²) in [5, 5.41) is 13.8. The molecule has 2 aliphatic heterocycles. The molecule has 6 rings (SSSR count). The van der Waals surface area contributed by atoms with Gasteiger partial charge in [-0.05, 0) is 37.8 Å². The minimum atomic E-state index is -0.0554. The molecule has 1 amide bonds. The van der Waals surface area contributed by atoms with Crippen molar-refractivity contribution in [1.29, 1.82) is 0 Å². The second kappa shape index (κ2) is 7.26. The maximum absolute atomic E-state index is 13.6. The summed E-state index contributed by atoms with van der Waals surface area (Å²) in [6.07, 6.45) is 6.22. The molecule has 4 heterocycles. The molecule has 0 radical (unpaired) electrons. The SMILES string of the molecule is CNc1ncc2c(n1)N1CCCC1CN(c1cccc(-c3nnc(C4CC4)s3)c1)C2=O. The number of amides is 1. The number of nitrogens with zero attached hydrogens (tertiary/aromatic N) is 6. The summed E-state index contributed by atoms with van der Waals surface area (Å²) in [5.74, 6) is 1.81. The molecule has 1 aromatic carbocycles. The van der Waals surface area contributed by atoms with Crippen molar-refractivity contribution in [3.8, 4) is 10.6 Å². The summed E-state index contributed by atoms with van der Waals surface area (Å²) in [5.41, 5.74) is 2.44. The van der Waals surface area contributed by atoms with Gasteiger partial charge in [0.2, 0.25) is 5.95 Å². The Labute approximate surface area is 184 Å². The van der Waals surface area contributed by atoms with Crippen LogP contribution in [0.5, 0.6) is 0 Å². The van der Waals surface area contributed by atoms with E-state index in [-0.39, 0.29) is 11.9 Å². The molecule has 3 aromatic rings. The van der Waals surface area contributed by atoms with Crippen LogP contribution < -0.4 is 15.1 Å². The zero-order valence-corrected chi connectivity index (χ0v) is 18.1. The van der Waals surface area contributed by atoms with Crippen molar-refractivity contribution in [2.75, 3.05) is 35.3 Å². The molecule has 0 spiro atoms. The van der Waals surface area contributed by atoms with E-state index in [2.05, 4.69) is 36.4 Å². The molecule has 9 heteroatoms. The lowest BCUT2D eigenvalue weighted by Crippen LogP contribution is -2.39. The van der Waals surface area contributed by atoms with Gasteiger partial charge in [-0.25, -0.2) is 4.98 Å². The lowest BCUT2D eigenvalue weighted by atomic mass is 10.1. The van der Waals surface area contributed by atoms with E-state index >= 15 is 0 Å². The molecule has 31 heavy (non-hydrogen) atoms. The Bertz CT molecular complexity index is 1160. The Balaban J connectivity index is 1.39. The predicted octanol–water partition coefficient (Wildman–Crippen LogP) is 3.54. The lowest BCUT2D eigenvalue weighted by Gasteiger charge is -2.27. The number of hydrogen-bond acceptors (Lipinski definition) is 8. The van der Waals surface area contributed by atoms with Gasteiger partial charge in [-0.1, -0.05) is 23.5 Å². The van der Waals surface area contributed by atoms with Crippen molar-refractivity contribution in [3.05, 3.63) is 41.0 Å². The second-order valence-electron chi connectivity index (χ2n) is 8.36. The molecular weight excluding hydrogens is 410 g/mol. The van der Waals surface area contributed by atoms with Gasteiger partial charge in [0.15, 0.2) is 0 Å². The third-order valence-corrected chi connectivity index (χ3v) is 7.42. The van der Waals surface area contributed by atoms with Crippen LogP contribution >= 0.6 is 11.3 Å². The van der Waals surface area contributed by atoms with Gasteiger partial charge in [0, 0.05) is 49.5 Å². The van der Waals surface area contributed by atoms with Gasteiger partial charge in [0.25, 0.3) is 5.91 Å². The first-order chi connectivity index (χ1) is 15.2. The van der Waals surface area contributed by atoms with Crippen LogP contribution in [0.15, 0.2) is 30.5 Å². The van der Waals surface area contributed by atoms with Crippen LogP contribution in [-0.2, 0) is 0 Å². The second-order valence-corrected chi connectivity index (χ2v) is 9.37. The highest BCUT2D eigenvalue weighted by molar-refractivity contribution is 7.14. The van der Waals surface area contributed by atoms with Gasteiger partial charge in [-0.2, -0.15) is 4.98 Å². The smallest absolute Gasteiger partial charge is 0.263 e. The minimum Gasteiger partial charge on any atom is -0.357 e. The Morgan fingerprint density at radius 3 is 2.94 bits per heavy atom. The van der Waals surface area contributed by atoms with Crippen molar-refractivity contribution < 1.29 is 4.79 Å². The number of benzene rings is 1. The third-order valence-electron chi connectivity index (χ3n) is 6.28. The van der Waals surface area contributed by atoms with Gasteiger partial charge >= 0.3 is 0 Å². The van der Waals surface area contributed by atoms with E-state index in [0.29, 0.717) is 24.0 Å². The summed E-state index contributed by atoms with van der Waals surface area (Å²) < 4.78 is 0. The molecule has 1 N–H and O–H groups in total. The van der Waals surface area contributed by atoms with Crippen LogP contribution in [0.2, 0.25) is 0 Å². The molecule has 1 aliphatic carbocycles. The standard InChI is InChI=1S/C22H23N7OS/c1-23-22-24-11-17-18(25-22)28-9-3-6-16(28)12-29(21(17)30)15-5-2-4-14(10-15)20-27-26-19(31-20)13-7-8-13/h2,4-5,10-11,13,16H,3,6-9,12H2,1H3,(H,23,24,25). The van der Waals surface area contributed by atoms with E-state index < -0.39 is 0 Å². The zero-order valence-electron chi connectivity index (χ0n) is 17.3. The number of carbonyl (C=O) groups excluding carboxylic acids is 1. The summed E-state index contributed by atoms with van der Waals surface area (Å²) >= 11 is 1.66. The molecule has 1 atom stereocenters. The molecule has 2 aromatic heterocycles. The van der Waals surface area contributed by atoms with E-state index in [1.54, 1.807) is 24.6 Å². The maximum Gasteiger partial charge on any atom is 0.263 e. The summed E-state index contributed by atoms with van der Waals surface area (Å²) in [7, 11) is 1.79. The van der Waals surface area contributed by atoms with Crippen molar-refractivity contribution >= 4 is 34.7 Å². The monoisotopic (exact) mass is 433 g/mol. The van der Waals surface area contributed by atoms with Crippen LogP contribution in [0.1, 0.15) is 47.0 Å². The molecule has 1 saturated carbocycles. The number of nitrogens with one attached hydrogen (secondary N) is 1.